The van der Waals surface area contributed by atoms with E-state index in [1.54, 1.807) is 24.3 Å². The van der Waals surface area contributed by atoms with Gasteiger partial charge in [0.2, 0.25) is 5.91 Å². The van der Waals surface area contributed by atoms with Gasteiger partial charge in [0.1, 0.15) is 13.2 Å². The molecule has 2 heterocycles. The van der Waals surface area contributed by atoms with Crippen LogP contribution < -0.4 is 14.8 Å². The highest BCUT2D eigenvalue weighted by Gasteiger charge is 2.17. The van der Waals surface area contributed by atoms with Crippen molar-refractivity contribution in [2.24, 2.45) is 0 Å². The monoisotopic (exact) mass is 385 g/mol. The number of anilines is 1. The maximum absolute atomic E-state index is 12.1. The zero-order chi connectivity index (χ0) is 17.1. The molecule has 1 aromatic heterocycles. The molecule has 126 valence electrons. The number of benzene rings is 1. The number of carbonyl (C=O) groups is 2. The molecule has 8 heteroatoms. The molecule has 3 rings (SSSR count). The van der Waals surface area contributed by atoms with E-state index in [9.17, 15) is 9.59 Å². The Morgan fingerprint density at radius 1 is 1.08 bits per heavy atom. The van der Waals surface area contributed by atoms with Gasteiger partial charge in [0, 0.05) is 25.0 Å². The van der Waals surface area contributed by atoms with Crippen LogP contribution in [0.3, 0.4) is 0 Å². The van der Waals surface area contributed by atoms with Gasteiger partial charge in [-0.05, 0) is 12.1 Å². The standard InChI is InChI=1S/C16H13Cl2NO4S/c17-9-7-12-13(23-6-5-22-12)8-10(9)19-16(21)4-1-11(20)14-2-3-15(18)24-14/h2-3,7-8H,1,4-6H2,(H,19,21). The largest absolute Gasteiger partial charge is 0.486 e. The molecule has 2 aromatic rings. The van der Waals surface area contributed by atoms with Crippen LogP contribution in [-0.4, -0.2) is 24.9 Å². The highest BCUT2D eigenvalue weighted by Crippen LogP contribution is 2.38. The van der Waals surface area contributed by atoms with Crippen LogP contribution in [0.4, 0.5) is 5.69 Å². The third-order valence-electron chi connectivity index (χ3n) is 3.33. The molecule has 24 heavy (non-hydrogen) atoms. The molecule has 0 radical (unpaired) electrons. The van der Waals surface area contributed by atoms with E-state index in [0.29, 0.717) is 44.6 Å². The number of ketones is 1. The second-order valence-electron chi connectivity index (χ2n) is 5.05. The second kappa shape index (κ2) is 7.42. The van der Waals surface area contributed by atoms with Crippen molar-refractivity contribution in [2.45, 2.75) is 12.8 Å². The molecule has 0 aliphatic carbocycles. The Bertz CT molecular complexity index is 790. The number of Topliss-reactive ketones (excluding diaryl/α,β-unsaturated/α-hetero) is 1. The summed E-state index contributed by atoms with van der Waals surface area (Å²) in [6.45, 7) is 0.907. The second-order valence-corrected chi connectivity index (χ2v) is 7.17. The predicted octanol–water partition coefficient (Wildman–Crippen LogP) is 4.43. The average Bonchev–Trinajstić information content (AvgIpc) is 3.00. The molecule has 0 unspecified atom stereocenters. The molecule has 1 amide bonds. The first-order valence-corrected chi connectivity index (χ1v) is 8.77. The lowest BCUT2D eigenvalue weighted by Crippen LogP contribution is -2.17. The van der Waals surface area contributed by atoms with E-state index >= 15 is 0 Å². The molecule has 0 atom stereocenters. The summed E-state index contributed by atoms with van der Waals surface area (Å²) in [5, 5.41) is 3.04. The lowest BCUT2D eigenvalue weighted by Gasteiger charge is -2.20. The van der Waals surface area contributed by atoms with Gasteiger partial charge < -0.3 is 14.8 Å². The first-order chi connectivity index (χ1) is 11.5. The number of carbonyl (C=O) groups excluding carboxylic acids is 2. The van der Waals surface area contributed by atoms with Crippen LogP contribution in [0.1, 0.15) is 22.5 Å². The Labute approximate surface area is 152 Å². The molecule has 0 saturated heterocycles. The van der Waals surface area contributed by atoms with E-state index in [4.69, 9.17) is 32.7 Å². The summed E-state index contributed by atoms with van der Waals surface area (Å²) < 4.78 is 11.4. The van der Waals surface area contributed by atoms with Crippen molar-refractivity contribution >= 4 is 51.9 Å². The van der Waals surface area contributed by atoms with Gasteiger partial charge in [-0.15, -0.1) is 11.3 Å². The van der Waals surface area contributed by atoms with Gasteiger partial charge in [-0.3, -0.25) is 9.59 Å². The number of hydrogen-bond acceptors (Lipinski definition) is 5. The quantitative estimate of drug-likeness (QED) is 0.773. The first kappa shape index (κ1) is 17.1. The van der Waals surface area contributed by atoms with Crippen LogP contribution >= 0.6 is 34.5 Å². The summed E-state index contributed by atoms with van der Waals surface area (Å²) in [7, 11) is 0. The van der Waals surface area contributed by atoms with E-state index in [1.807, 2.05) is 0 Å². The van der Waals surface area contributed by atoms with E-state index < -0.39 is 0 Å². The fourth-order valence-electron chi connectivity index (χ4n) is 2.19. The van der Waals surface area contributed by atoms with Gasteiger partial charge in [-0.25, -0.2) is 0 Å². The number of amides is 1. The Balaban J connectivity index is 1.59. The summed E-state index contributed by atoms with van der Waals surface area (Å²) in [5.41, 5.74) is 0.428. The Morgan fingerprint density at radius 2 is 1.79 bits per heavy atom. The van der Waals surface area contributed by atoms with Gasteiger partial charge in [0.15, 0.2) is 17.3 Å². The topological polar surface area (TPSA) is 64.6 Å². The van der Waals surface area contributed by atoms with Gasteiger partial charge in [-0.1, -0.05) is 23.2 Å². The number of ether oxygens (including phenoxy) is 2. The van der Waals surface area contributed by atoms with Gasteiger partial charge in [0.25, 0.3) is 0 Å². The van der Waals surface area contributed by atoms with Crippen LogP contribution in [0, 0.1) is 0 Å². The van der Waals surface area contributed by atoms with Crippen molar-refractivity contribution < 1.29 is 19.1 Å². The summed E-state index contributed by atoms with van der Waals surface area (Å²) in [5.74, 6) is 0.666. The van der Waals surface area contributed by atoms with E-state index in [1.165, 1.54) is 11.3 Å². The number of rotatable bonds is 5. The normalized spacial score (nSPS) is 12.8. The van der Waals surface area contributed by atoms with E-state index in [2.05, 4.69) is 5.32 Å². The molecule has 1 N–H and O–H groups in total. The maximum atomic E-state index is 12.1. The molecule has 0 fully saturated rings. The third kappa shape index (κ3) is 4.01. The first-order valence-electron chi connectivity index (χ1n) is 7.20. The summed E-state index contributed by atoms with van der Waals surface area (Å²) in [6, 6.07) is 6.54. The maximum Gasteiger partial charge on any atom is 0.224 e. The van der Waals surface area contributed by atoms with E-state index in [0.717, 1.165) is 0 Å². The SMILES string of the molecule is O=C(CCC(=O)c1ccc(Cl)s1)Nc1cc2c(cc1Cl)OCCO2. The lowest BCUT2D eigenvalue weighted by molar-refractivity contribution is -0.116. The molecule has 5 nitrogen and oxygen atoms in total. The van der Waals surface area contributed by atoms with Gasteiger partial charge in [0.05, 0.1) is 19.9 Å². The minimum atomic E-state index is -0.301. The number of nitrogens with one attached hydrogen (secondary N) is 1. The van der Waals surface area contributed by atoms with Crippen molar-refractivity contribution in [3.05, 3.63) is 38.5 Å². The summed E-state index contributed by atoms with van der Waals surface area (Å²) in [4.78, 5) is 24.6. The van der Waals surface area contributed by atoms with E-state index in [-0.39, 0.29) is 24.5 Å². The Hall–Kier alpha value is -1.76. The summed E-state index contributed by atoms with van der Waals surface area (Å²) >= 11 is 13.1. The van der Waals surface area contributed by atoms with Crippen molar-refractivity contribution in [1.29, 1.82) is 0 Å². The highest BCUT2D eigenvalue weighted by atomic mass is 35.5. The third-order valence-corrected chi connectivity index (χ3v) is 4.92. The Morgan fingerprint density at radius 3 is 2.46 bits per heavy atom. The molecular weight excluding hydrogens is 373 g/mol. The molecular formula is C16H13Cl2NO4S. The van der Waals surface area contributed by atoms with Crippen LogP contribution in [0.5, 0.6) is 11.5 Å². The average molecular weight is 386 g/mol. The molecule has 1 aliphatic heterocycles. The predicted molar refractivity (Wildman–Crippen MR) is 94.0 cm³/mol. The van der Waals surface area contributed by atoms with Gasteiger partial charge >= 0.3 is 0 Å². The van der Waals surface area contributed by atoms with Crippen molar-refractivity contribution in [3.8, 4) is 11.5 Å². The Kier molecular flexibility index (Phi) is 5.28. The number of hydrogen-bond donors (Lipinski definition) is 1. The molecule has 1 aliphatic rings. The fraction of sp³-hybridized carbons (Fsp3) is 0.250. The molecule has 0 spiro atoms. The number of thiophene rings is 1. The van der Waals surface area contributed by atoms with Crippen LogP contribution in [0.15, 0.2) is 24.3 Å². The zero-order valence-electron chi connectivity index (χ0n) is 12.4. The van der Waals surface area contributed by atoms with Gasteiger partial charge in [-0.2, -0.15) is 0 Å². The van der Waals surface area contributed by atoms with Crippen LogP contribution in [-0.2, 0) is 4.79 Å². The van der Waals surface area contributed by atoms with Crippen molar-refractivity contribution in [2.75, 3.05) is 18.5 Å². The molecule has 1 aromatic carbocycles. The van der Waals surface area contributed by atoms with Crippen molar-refractivity contribution in [3.63, 3.8) is 0 Å². The molecule has 0 bridgehead atoms. The minimum Gasteiger partial charge on any atom is -0.486 e. The highest BCUT2D eigenvalue weighted by molar-refractivity contribution is 7.18. The number of halogens is 2. The summed E-state index contributed by atoms with van der Waals surface area (Å²) in [6.07, 6.45) is 0.157. The lowest BCUT2D eigenvalue weighted by atomic mass is 10.2. The minimum absolute atomic E-state index is 0.0547. The fourth-order valence-corrected chi connectivity index (χ4v) is 3.40. The van der Waals surface area contributed by atoms with Crippen molar-refractivity contribution in [1.82, 2.24) is 0 Å². The van der Waals surface area contributed by atoms with Crippen LogP contribution in [0.25, 0.3) is 0 Å². The number of fused-ring (bicyclic) bond motifs is 1. The van der Waals surface area contributed by atoms with Crippen LogP contribution in [0.2, 0.25) is 9.36 Å². The molecule has 0 saturated carbocycles. The zero-order valence-corrected chi connectivity index (χ0v) is 14.8. The smallest absolute Gasteiger partial charge is 0.224 e.